The molecule has 2 unspecified atom stereocenters. The van der Waals surface area contributed by atoms with Gasteiger partial charge in [-0.05, 0) is 60.4 Å². The molecule has 24 nitrogen and oxygen atoms in total. The molecule has 0 saturated carbocycles. The van der Waals surface area contributed by atoms with Crippen molar-refractivity contribution in [1.82, 2.24) is 0 Å². The van der Waals surface area contributed by atoms with Crippen LogP contribution in [0.4, 0.5) is 0 Å². The molecule has 5 aromatic rings. The lowest BCUT2D eigenvalue weighted by molar-refractivity contribution is -0.300. The number of unbranched alkanes of at least 4 members (excludes halogenated alkanes) is 16. The molecule has 1 N–H and O–H groups in total. The zero-order valence-electron chi connectivity index (χ0n) is 64.0. The maximum Gasteiger partial charge on any atom is 0.530 e. The summed E-state index contributed by atoms with van der Waals surface area (Å²) >= 11 is 6.83. The Morgan fingerprint density at radius 3 is 1.12 bits per heavy atom. The van der Waals surface area contributed by atoms with Gasteiger partial charge in [-0.2, -0.15) is 0 Å². The topological polar surface area (TPSA) is 248 Å². The van der Waals surface area contributed by atoms with Gasteiger partial charge in [0.1, 0.15) is 66.1 Å². The molecule has 0 bridgehead atoms. The van der Waals surface area contributed by atoms with Crippen molar-refractivity contribution < 1.29 is 112 Å². The minimum Gasteiger partial charge on any atom is -0.462 e. The summed E-state index contributed by atoms with van der Waals surface area (Å²) in [6.07, 6.45) is 5.95. The lowest BCUT2D eigenvalue weighted by Crippen LogP contribution is -2.63. The summed E-state index contributed by atoms with van der Waals surface area (Å²) in [4.78, 5) is 12.3. The van der Waals surface area contributed by atoms with Crippen molar-refractivity contribution in [3.8, 4) is 17.2 Å². The number of phosphoric acid groups is 2. The fourth-order valence-corrected chi connectivity index (χ4v) is 15.1. The molecular formula is C82H121ClO24P2. The fraction of sp³-hybridized carbons (Fsp3) is 0.634. The lowest BCUT2D eigenvalue weighted by atomic mass is 9.98. The van der Waals surface area contributed by atoms with Crippen molar-refractivity contribution in [2.24, 2.45) is 0 Å². The second-order valence-corrected chi connectivity index (χ2v) is 30.2. The van der Waals surface area contributed by atoms with Crippen LogP contribution in [0.3, 0.4) is 0 Å². The van der Waals surface area contributed by atoms with Crippen LogP contribution >= 0.6 is 27.2 Å². The molecule has 8 rings (SSSR count). The third kappa shape index (κ3) is 36.2. The van der Waals surface area contributed by atoms with Crippen molar-refractivity contribution >= 4 is 27.2 Å². The normalized spacial score (nSPS) is 23.8. The standard InChI is InChI=1S/C82H121ClO24P2/c1-3-5-7-9-11-13-15-17-33-45-95-77-75-74(104-81(101-69-39-27-21-28-40-69)79(77)96-46-34-18-16-14-12-10-8-6-4-2)66-100-109(86,105-72-44-32-31-43-71(72)83)107-76-73(65-99-108(84,85)106-75)103-82(102-70-41-29-22-30-42-70)80(98-62-60-92-54-52-88-48-50-90-56-58-94-64-68-37-25-20-26-38-68)78(76)97-61-59-91-53-51-87-47-49-89-55-57-93-63-67-35-23-19-24-36-67/h19-32,35-44,73-82H,3-18,33-34,45-66H2,1-2H3,(H,84,85)/t73-,74-,75-,76-,77+,78+,79-,80-,81-,82-,109?/m1/s1. The van der Waals surface area contributed by atoms with Gasteiger partial charge in [0.25, 0.3) is 0 Å². The Morgan fingerprint density at radius 2 is 0.697 bits per heavy atom. The average Bonchev–Trinajstić information content (AvgIpc) is 0.766. The Morgan fingerprint density at radius 1 is 0.367 bits per heavy atom. The second-order valence-electron chi connectivity index (χ2n) is 26.9. The molecule has 3 fully saturated rings. The van der Waals surface area contributed by atoms with Crippen LogP contribution in [0.5, 0.6) is 17.2 Å². The van der Waals surface area contributed by atoms with Crippen molar-refractivity contribution in [3.05, 3.63) is 162 Å². The molecule has 3 aliphatic rings. The molecule has 12 atom stereocenters. The van der Waals surface area contributed by atoms with Gasteiger partial charge in [0.15, 0.2) is 0 Å². The van der Waals surface area contributed by atoms with Gasteiger partial charge in [0.2, 0.25) is 12.6 Å². The molecule has 610 valence electrons. The van der Waals surface area contributed by atoms with Crippen LogP contribution < -0.4 is 14.0 Å². The second kappa shape index (κ2) is 55.1. The molecule has 109 heavy (non-hydrogen) atoms. The third-order valence-electron chi connectivity index (χ3n) is 18.2. The van der Waals surface area contributed by atoms with E-state index < -0.39 is 90.3 Å². The van der Waals surface area contributed by atoms with Gasteiger partial charge >= 0.3 is 15.6 Å². The van der Waals surface area contributed by atoms with Crippen molar-refractivity contribution in [1.29, 1.82) is 0 Å². The van der Waals surface area contributed by atoms with E-state index in [0.717, 1.165) is 56.1 Å². The van der Waals surface area contributed by atoms with Gasteiger partial charge in [-0.15, -0.1) is 0 Å². The number of para-hydroxylation sites is 3. The highest BCUT2D eigenvalue weighted by Gasteiger charge is 2.57. The first-order chi connectivity index (χ1) is 53.6. The molecule has 27 heteroatoms. The SMILES string of the molecule is CCCCCCCCCCCO[C@@H]1[C@@H](OCCCCCCCCCCC)[C@H](Oc2ccccc2)O[C@@H]2COP(=O)(Oc3ccccc3Cl)O[C@H]3[C@H](OCCOCCOCCOCCOCc4ccccc4)[C@@H](OCCOCCOCCOCCOCc4ccccc4)[C@H](Oc4ccccc4)O[C@@H]3COP(=O)(O)O[C@@H]12. The summed E-state index contributed by atoms with van der Waals surface area (Å²) < 4.78 is 164. The molecule has 0 amide bonds. The van der Waals surface area contributed by atoms with Gasteiger partial charge in [0.05, 0.1) is 137 Å². The van der Waals surface area contributed by atoms with Crippen LogP contribution in [0.2, 0.25) is 5.02 Å². The van der Waals surface area contributed by atoms with Crippen LogP contribution in [0.1, 0.15) is 141 Å². The van der Waals surface area contributed by atoms with Gasteiger partial charge in [0, 0.05) is 13.2 Å². The lowest BCUT2D eigenvalue weighted by Gasteiger charge is -2.47. The van der Waals surface area contributed by atoms with E-state index in [1.165, 1.54) is 63.9 Å². The highest BCUT2D eigenvalue weighted by molar-refractivity contribution is 7.49. The Kier molecular flexibility index (Phi) is 45.5. The van der Waals surface area contributed by atoms with Crippen LogP contribution in [0.25, 0.3) is 0 Å². The molecule has 0 aromatic heterocycles. The van der Waals surface area contributed by atoms with Gasteiger partial charge in [-0.1, -0.05) is 237 Å². The molecule has 3 saturated heterocycles. The molecule has 5 aromatic carbocycles. The summed E-state index contributed by atoms with van der Waals surface area (Å²) in [6, 6.07) is 44.2. The van der Waals surface area contributed by atoms with E-state index in [9.17, 15) is 4.89 Å². The largest absolute Gasteiger partial charge is 0.530 e. The molecular weight excluding hydrogens is 1470 g/mol. The van der Waals surface area contributed by atoms with E-state index >= 15 is 9.13 Å². The highest BCUT2D eigenvalue weighted by Crippen LogP contribution is 2.56. The number of benzene rings is 5. The van der Waals surface area contributed by atoms with E-state index in [0.29, 0.717) is 90.4 Å². The highest BCUT2D eigenvalue weighted by atomic mass is 35.5. The first-order valence-corrected chi connectivity index (χ1v) is 42.9. The summed E-state index contributed by atoms with van der Waals surface area (Å²) in [5, 5.41) is 0.0718. The van der Waals surface area contributed by atoms with Gasteiger partial charge in [-0.25, -0.2) is 9.13 Å². The molecule has 3 aliphatic heterocycles. The van der Waals surface area contributed by atoms with Gasteiger partial charge < -0.3 is 85.2 Å². The first-order valence-electron chi connectivity index (χ1n) is 39.5. The van der Waals surface area contributed by atoms with Crippen LogP contribution in [0, 0.1) is 0 Å². The number of rotatable bonds is 58. The number of hydrogen-bond acceptors (Lipinski definition) is 23. The van der Waals surface area contributed by atoms with Crippen molar-refractivity contribution in [2.45, 2.75) is 204 Å². The van der Waals surface area contributed by atoms with E-state index in [4.69, 9.17) is 110 Å². The first kappa shape index (κ1) is 90.0. The monoisotopic (exact) mass is 1590 g/mol. The van der Waals surface area contributed by atoms with E-state index in [1.54, 1.807) is 54.6 Å². The summed E-state index contributed by atoms with van der Waals surface area (Å²) in [7, 11) is -10.4. The Hall–Kier alpha value is -4.51. The quantitative estimate of drug-likeness (QED) is 0.0281. The predicted octanol–water partition coefficient (Wildman–Crippen LogP) is 16.5. The molecule has 0 spiro atoms. The minimum absolute atomic E-state index is 0.0137. The fourth-order valence-electron chi connectivity index (χ4n) is 12.4. The van der Waals surface area contributed by atoms with Crippen molar-refractivity contribution in [3.63, 3.8) is 0 Å². The van der Waals surface area contributed by atoms with E-state index in [2.05, 4.69) is 13.8 Å². The molecule has 0 radical (unpaired) electrons. The Labute approximate surface area is 651 Å². The third-order valence-corrected chi connectivity index (χ3v) is 20.9. The number of fused-ring (bicyclic) bond motifs is 2. The maximum absolute atomic E-state index is 16.3. The number of hydrogen-bond donors (Lipinski definition) is 1. The summed E-state index contributed by atoms with van der Waals surface area (Å²) in [5.74, 6) is 0.737. The predicted molar refractivity (Wildman–Crippen MR) is 413 cm³/mol. The number of ether oxygens (including phenoxy) is 16. The Balaban J connectivity index is 1.02. The minimum atomic E-state index is -5.25. The smallest absolute Gasteiger partial charge is 0.462 e. The molecule has 0 aliphatic carbocycles. The van der Waals surface area contributed by atoms with Gasteiger partial charge in [-0.3, -0.25) is 18.1 Å². The Bertz CT molecular complexity index is 3160. The zero-order valence-corrected chi connectivity index (χ0v) is 66.6. The average molecular weight is 1590 g/mol. The van der Waals surface area contributed by atoms with Crippen LogP contribution in [0.15, 0.2) is 146 Å². The van der Waals surface area contributed by atoms with Crippen LogP contribution in [-0.4, -0.2) is 198 Å². The summed E-state index contributed by atoms with van der Waals surface area (Å²) in [5.41, 5.74) is 2.18. The van der Waals surface area contributed by atoms with Crippen molar-refractivity contribution in [2.75, 3.05) is 132 Å². The summed E-state index contributed by atoms with van der Waals surface area (Å²) in [6.45, 7) is 8.37. The number of phosphoric ester groups is 2. The maximum atomic E-state index is 16.3. The van der Waals surface area contributed by atoms with E-state index in [1.807, 2.05) is 84.9 Å². The van der Waals surface area contributed by atoms with Crippen LogP contribution in [-0.2, 0) is 107 Å². The molecule has 3 heterocycles. The number of halogens is 1. The zero-order chi connectivity index (χ0) is 76.3. The van der Waals surface area contributed by atoms with E-state index in [-0.39, 0.29) is 76.8 Å².